The molecule has 0 saturated heterocycles. The van der Waals surface area contributed by atoms with Crippen LogP contribution in [0.4, 0.5) is 4.39 Å². The molecule has 156 valence electrons. The minimum Gasteiger partial charge on any atom is -0.342 e. The Morgan fingerprint density at radius 3 is 2.62 bits per heavy atom. The molecule has 6 aromatic rings. The molecule has 0 atom stereocenters. The standard InChI is InChI=1S/C25H15ClFN3OS/c26-18-7-5-8-19(27)17(18)14-29-13-15(16-6-1-3-10-21(16)29)12-23-24(31)30-22-11-4-2-9-20(22)28-25(30)32-23/h1-13H,14H2. The molecule has 0 aliphatic rings. The van der Waals surface area contributed by atoms with Gasteiger partial charge in [0.15, 0.2) is 4.96 Å². The highest BCUT2D eigenvalue weighted by atomic mass is 35.5. The maximum absolute atomic E-state index is 14.4. The van der Waals surface area contributed by atoms with Crippen LogP contribution < -0.4 is 10.1 Å². The van der Waals surface area contributed by atoms with Crippen LogP contribution in [0.5, 0.6) is 0 Å². The molecule has 0 amide bonds. The number of nitrogens with zero attached hydrogens (tertiary/aromatic N) is 3. The van der Waals surface area contributed by atoms with Gasteiger partial charge in [-0.15, -0.1) is 0 Å². The fourth-order valence-corrected chi connectivity index (χ4v) is 5.33. The second-order valence-corrected chi connectivity index (χ2v) is 8.98. The number of imidazole rings is 1. The number of aromatic nitrogens is 3. The van der Waals surface area contributed by atoms with Crippen LogP contribution in [0.15, 0.2) is 77.7 Å². The van der Waals surface area contributed by atoms with E-state index in [2.05, 4.69) is 4.98 Å². The highest BCUT2D eigenvalue weighted by molar-refractivity contribution is 7.15. The van der Waals surface area contributed by atoms with Crippen molar-refractivity contribution in [2.45, 2.75) is 6.54 Å². The van der Waals surface area contributed by atoms with Crippen LogP contribution in [0.1, 0.15) is 11.1 Å². The molecule has 7 heteroatoms. The van der Waals surface area contributed by atoms with E-state index >= 15 is 0 Å². The van der Waals surface area contributed by atoms with E-state index in [4.69, 9.17) is 11.6 Å². The summed E-state index contributed by atoms with van der Waals surface area (Å²) in [5.74, 6) is -0.339. The summed E-state index contributed by atoms with van der Waals surface area (Å²) >= 11 is 7.62. The van der Waals surface area contributed by atoms with Gasteiger partial charge in [-0.3, -0.25) is 4.79 Å². The van der Waals surface area contributed by atoms with E-state index in [0.29, 0.717) is 26.6 Å². The zero-order valence-corrected chi connectivity index (χ0v) is 18.2. The summed E-state index contributed by atoms with van der Waals surface area (Å²) in [6.07, 6.45) is 3.83. The second-order valence-electron chi connectivity index (χ2n) is 7.56. The Morgan fingerprint density at radius 2 is 1.78 bits per heavy atom. The molecule has 6 rings (SSSR count). The summed E-state index contributed by atoms with van der Waals surface area (Å²) in [4.78, 5) is 18.4. The number of thiazole rings is 1. The van der Waals surface area contributed by atoms with E-state index in [1.165, 1.54) is 17.4 Å². The molecule has 4 nitrogen and oxygen atoms in total. The first-order chi connectivity index (χ1) is 15.6. The number of fused-ring (bicyclic) bond motifs is 4. The van der Waals surface area contributed by atoms with Gasteiger partial charge in [-0.1, -0.05) is 59.3 Å². The van der Waals surface area contributed by atoms with E-state index in [9.17, 15) is 9.18 Å². The highest BCUT2D eigenvalue weighted by Gasteiger charge is 2.14. The largest absolute Gasteiger partial charge is 0.342 e. The molecular weight excluding hydrogens is 445 g/mol. The number of halogens is 2. The van der Waals surface area contributed by atoms with Crippen LogP contribution in [0, 0.1) is 5.82 Å². The SMILES string of the molecule is O=c1c(=Cc2cn(Cc3c(F)cccc3Cl)c3ccccc23)sc2nc3ccccc3n12. The minimum absolute atomic E-state index is 0.0901. The molecule has 0 spiro atoms. The molecular formula is C25H15ClFN3OS. The van der Waals surface area contributed by atoms with Crippen molar-refractivity contribution in [3.05, 3.63) is 110 Å². The molecule has 3 aromatic heterocycles. The van der Waals surface area contributed by atoms with Crippen molar-refractivity contribution in [3.63, 3.8) is 0 Å². The number of benzene rings is 3. The highest BCUT2D eigenvalue weighted by Crippen LogP contribution is 2.26. The number of hydrogen-bond acceptors (Lipinski definition) is 3. The Morgan fingerprint density at radius 1 is 1.00 bits per heavy atom. The maximum Gasteiger partial charge on any atom is 0.274 e. The van der Waals surface area contributed by atoms with Crippen LogP contribution in [0.2, 0.25) is 5.02 Å². The van der Waals surface area contributed by atoms with E-state index in [1.807, 2.05) is 65.4 Å². The van der Waals surface area contributed by atoms with Crippen LogP contribution in [-0.4, -0.2) is 14.0 Å². The number of hydrogen-bond donors (Lipinski definition) is 0. The molecule has 0 aliphatic heterocycles. The lowest BCUT2D eigenvalue weighted by molar-refractivity contribution is 0.602. The van der Waals surface area contributed by atoms with E-state index in [1.54, 1.807) is 16.5 Å². The summed E-state index contributed by atoms with van der Waals surface area (Å²) < 4.78 is 18.6. The average Bonchev–Trinajstić information content (AvgIpc) is 3.43. The summed E-state index contributed by atoms with van der Waals surface area (Å²) in [6, 6.07) is 20.2. The summed E-state index contributed by atoms with van der Waals surface area (Å²) in [5.41, 5.74) is 3.79. The third-order valence-electron chi connectivity index (χ3n) is 5.64. The van der Waals surface area contributed by atoms with Crippen molar-refractivity contribution in [3.8, 4) is 0 Å². The smallest absolute Gasteiger partial charge is 0.274 e. The lowest BCUT2D eigenvalue weighted by Crippen LogP contribution is -2.22. The molecule has 0 N–H and O–H groups in total. The van der Waals surface area contributed by atoms with Crippen molar-refractivity contribution < 1.29 is 4.39 Å². The molecule has 0 bridgehead atoms. The Kier molecular flexibility index (Phi) is 4.38. The molecule has 0 radical (unpaired) electrons. The number of para-hydroxylation sites is 3. The van der Waals surface area contributed by atoms with Gasteiger partial charge in [0.2, 0.25) is 0 Å². The second kappa shape index (κ2) is 7.29. The first kappa shape index (κ1) is 19.2. The van der Waals surface area contributed by atoms with Gasteiger partial charge in [-0.25, -0.2) is 13.8 Å². The summed E-state index contributed by atoms with van der Waals surface area (Å²) in [5, 5.41) is 1.37. The van der Waals surface area contributed by atoms with Gasteiger partial charge in [0.25, 0.3) is 5.56 Å². The normalized spacial score (nSPS) is 12.5. The predicted octanol–water partition coefficient (Wildman–Crippen LogP) is 5.25. The topological polar surface area (TPSA) is 39.3 Å². The Labute approximate surface area is 190 Å². The molecule has 32 heavy (non-hydrogen) atoms. The Balaban J connectivity index is 1.54. The maximum atomic E-state index is 14.4. The van der Waals surface area contributed by atoms with Gasteiger partial charge < -0.3 is 4.57 Å². The zero-order chi connectivity index (χ0) is 21.8. The third kappa shape index (κ3) is 2.95. The number of rotatable bonds is 3. The van der Waals surface area contributed by atoms with Gasteiger partial charge in [-0.05, 0) is 36.4 Å². The monoisotopic (exact) mass is 459 g/mol. The predicted molar refractivity (Wildman–Crippen MR) is 128 cm³/mol. The minimum atomic E-state index is -0.339. The van der Waals surface area contributed by atoms with Crippen LogP contribution in [0.3, 0.4) is 0 Å². The molecule has 0 aliphatic carbocycles. The zero-order valence-electron chi connectivity index (χ0n) is 16.6. The quantitative estimate of drug-likeness (QED) is 0.362. The van der Waals surface area contributed by atoms with Gasteiger partial charge in [-0.2, -0.15) is 0 Å². The van der Waals surface area contributed by atoms with Crippen LogP contribution in [-0.2, 0) is 6.54 Å². The van der Waals surface area contributed by atoms with Gasteiger partial charge in [0, 0.05) is 33.2 Å². The molecule has 0 unspecified atom stereocenters. The van der Waals surface area contributed by atoms with Crippen LogP contribution >= 0.6 is 22.9 Å². The Bertz CT molecular complexity index is 1750. The van der Waals surface area contributed by atoms with Crippen molar-refractivity contribution in [1.82, 2.24) is 14.0 Å². The lowest BCUT2D eigenvalue weighted by atomic mass is 10.1. The van der Waals surface area contributed by atoms with Crippen molar-refractivity contribution in [2.24, 2.45) is 0 Å². The van der Waals surface area contributed by atoms with E-state index < -0.39 is 0 Å². The van der Waals surface area contributed by atoms with Crippen molar-refractivity contribution >= 4 is 55.9 Å². The Hall–Kier alpha value is -3.48. The van der Waals surface area contributed by atoms with E-state index in [-0.39, 0.29) is 11.4 Å². The van der Waals surface area contributed by atoms with Crippen molar-refractivity contribution in [1.29, 1.82) is 0 Å². The first-order valence-electron chi connectivity index (χ1n) is 10.0. The summed E-state index contributed by atoms with van der Waals surface area (Å²) in [7, 11) is 0. The fraction of sp³-hybridized carbons (Fsp3) is 0.0400. The lowest BCUT2D eigenvalue weighted by Gasteiger charge is -2.08. The third-order valence-corrected chi connectivity index (χ3v) is 6.96. The van der Waals surface area contributed by atoms with Gasteiger partial charge >= 0.3 is 0 Å². The molecule has 0 saturated carbocycles. The fourth-order valence-electron chi connectivity index (χ4n) is 4.13. The van der Waals surface area contributed by atoms with Gasteiger partial charge in [0.1, 0.15) is 5.82 Å². The molecule has 3 aromatic carbocycles. The first-order valence-corrected chi connectivity index (χ1v) is 11.2. The van der Waals surface area contributed by atoms with Crippen molar-refractivity contribution in [2.75, 3.05) is 0 Å². The molecule has 0 fully saturated rings. The van der Waals surface area contributed by atoms with Crippen LogP contribution in [0.25, 0.3) is 33.0 Å². The average molecular weight is 460 g/mol. The van der Waals surface area contributed by atoms with Gasteiger partial charge in [0.05, 0.1) is 22.1 Å². The summed E-state index contributed by atoms with van der Waals surface area (Å²) in [6.45, 7) is 0.294. The van der Waals surface area contributed by atoms with E-state index in [0.717, 1.165) is 27.5 Å². The molecule has 3 heterocycles.